The molecule has 2 aromatic carbocycles. The number of methoxy groups -OCH3 is 1. The van der Waals surface area contributed by atoms with Crippen LogP contribution in [0.5, 0.6) is 17.2 Å². The van der Waals surface area contributed by atoms with E-state index < -0.39 is 0 Å². The number of rotatable bonds is 6. The van der Waals surface area contributed by atoms with E-state index in [0.29, 0.717) is 35.3 Å². The highest BCUT2D eigenvalue weighted by Crippen LogP contribution is 2.32. The Kier molecular flexibility index (Phi) is 5.15. The van der Waals surface area contributed by atoms with Gasteiger partial charge in [-0.25, -0.2) is 9.97 Å². The zero-order valence-electron chi connectivity index (χ0n) is 16.1. The van der Waals surface area contributed by atoms with Gasteiger partial charge in [-0.1, -0.05) is 12.1 Å². The molecule has 1 aliphatic rings. The smallest absolute Gasteiger partial charge is 0.254 e. The summed E-state index contributed by atoms with van der Waals surface area (Å²) in [6.07, 6.45) is 2.96. The summed E-state index contributed by atoms with van der Waals surface area (Å²) in [4.78, 5) is 20.8. The number of carbonyl (C=O) groups excluding carboxylic acids is 1. The molecule has 0 radical (unpaired) electrons. The van der Waals surface area contributed by atoms with Crippen LogP contribution in [0.4, 0.5) is 11.6 Å². The third-order valence-corrected chi connectivity index (χ3v) is 4.41. The van der Waals surface area contributed by atoms with Crippen LogP contribution < -0.4 is 24.8 Å². The predicted octanol–water partition coefficient (Wildman–Crippen LogP) is 3.20. The Labute approximate surface area is 167 Å². The van der Waals surface area contributed by atoms with Gasteiger partial charge in [0.25, 0.3) is 5.91 Å². The van der Waals surface area contributed by atoms with Crippen molar-refractivity contribution >= 4 is 17.5 Å². The lowest BCUT2D eigenvalue weighted by atomic mass is 10.2. The van der Waals surface area contributed by atoms with Gasteiger partial charge in [0.1, 0.15) is 5.75 Å². The summed E-state index contributed by atoms with van der Waals surface area (Å²) in [6.45, 7) is 2.56. The lowest BCUT2D eigenvalue weighted by Crippen LogP contribution is -2.23. The van der Waals surface area contributed by atoms with Crippen molar-refractivity contribution in [3.63, 3.8) is 0 Å². The van der Waals surface area contributed by atoms with Gasteiger partial charge in [0.15, 0.2) is 11.5 Å². The fraction of sp³-hybridized carbons (Fsp3) is 0.190. The molecule has 1 aromatic heterocycles. The monoisotopic (exact) mass is 392 g/mol. The highest BCUT2D eigenvalue weighted by Gasteiger charge is 2.14. The molecule has 2 N–H and O–H groups in total. The number of nitrogens with one attached hydrogen (secondary N) is 2. The molecule has 29 heavy (non-hydrogen) atoms. The molecule has 0 spiro atoms. The zero-order valence-corrected chi connectivity index (χ0v) is 16.1. The van der Waals surface area contributed by atoms with Crippen LogP contribution in [0, 0.1) is 6.92 Å². The van der Waals surface area contributed by atoms with Gasteiger partial charge in [0, 0.05) is 18.9 Å². The van der Waals surface area contributed by atoms with E-state index in [1.54, 1.807) is 7.11 Å². The van der Waals surface area contributed by atoms with E-state index in [1.807, 2.05) is 43.3 Å². The fourth-order valence-corrected chi connectivity index (χ4v) is 2.89. The second-order valence-corrected chi connectivity index (χ2v) is 6.49. The predicted molar refractivity (Wildman–Crippen MR) is 107 cm³/mol. The number of ether oxygens (including phenoxy) is 3. The largest absolute Gasteiger partial charge is 0.495 e. The molecule has 2 heterocycles. The molecule has 3 aromatic rings. The first kappa shape index (κ1) is 18.5. The van der Waals surface area contributed by atoms with Crippen LogP contribution in [-0.4, -0.2) is 29.8 Å². The van der Waals surface area contributed by atoms with E-state index in [9.17, 15) is 4.79 Å². The first-order valence-electron chi connectivity index (χ1n) is 9.03. The average molecular weight is 392 g/mol. The Balaban J connectivity index is 1.38. The minimum atomic E-state index is -0.262. The van der Waals surface area contributed by atoms with Crippen LogP contribution in [0.25, 0.3) is 0 Å². The first-order chi connectivity index (χ1) is 14.1. The number of aryl methyl sites for hydroxylation is 1. The molecule has 8 heteroatoms. The molecule has 0 atom stereocenters. The Morgan fingerprint density at radius 2 is 1.90 bits per heavy atom. The molecule has 0 bridgehead atoms. The fourth-order valence-electron chi connectivity index (χ4n) is 2.89. The van der Waals surface area contributed by atoms with E-state index in [-0.39, 0.29) is 12.7 Å². The Morgan fingerprint density at radius 1 is 1.10 bits per heavy atom. The Hall–Kier alpha value is -3.81. The first-order valence-corrected chi connectivity index (χ1v) is 9.03. The minimum absolute atomic E-state index is 0.220. The highest BCUT2D eigenvalue weighted by atomic mass is 16.7. The third-order valence-electron chi connectivity index (χ3n) is 4.41. The van der Waals surface area contributed by atoms with Crippen LogP contribution in [0.3, 0.4) is 0 Å². The van der Waals surface area contributed by atoms with Crippen molar-refractivity contribution in [3.05, 3.63) is 65.5 Å². The van der Waals surface area contributed by atoms with Crippen molar-refractivity contribution in [1.82, 2.24) is 15.3 Å². The van der Waals surface area contributed by atoms with E-state index in [2.05, 4.69) is 20.6 Å². The zero-order chi connectivity index (χ0) is 20.2. The summed E-state index contributed by atoms with van der Waals surface area (Å²) in [5.41, 5.74) is 3.11. The number of amides is 1. The summed E-state index contributed by atoms with van der Waals surface area (Å²) in [7, 11) is 1.60. The second kappa shape index (κ2) is 8.05. The molecule has 0 fully saturated rings. The average Bonchev–Trinajstić information content (AvgIpc) is 3.21. The molecule has 0 unspecified atom stereocenters. The van der Waals surface area contributed by atoms with Gasteiger partial charge >= 0.3 is 0 Å². The molecule has 0 saturated carbocycles. The number of carbonyl (C=O) groups is 1. The normalized spacial score (nSPS) is 11.8. The second-order valence-electron chi connectivity index (χ2n) is 6.49. The number of fused-ring (bicyclic) bond motifs is 1. The highest BCUT2D eigenvalue weighted by molar-refractivity contribution is 5.93. The van der Waals surface area contributed by atoms with Gasteiger partial charge in [-0.05, 0) is 42.3 Å². The third kappa shape index (κ3) is 4.21. The SMILES string of the molecule is COc1ccc(C)cc1Nc1ncc(C(=O)NCc2ccc3c(c2)OCO3)cn1. The topological polar surface area (TPSA) is 94.6 Å². The molecular formula is C21H20N4O4. The molecule has 1 aliphatic heterocycles. The molecule has 4 rings (SSSR count). The summed E-state index contributed by atoms with van der Waals surface area (Å²) in [5, 5.41) is 5.95. The van der Waals surface area contributed by atoms with E-state index in [4.69, 9.17) is 14.2 Å². The van der Waals surface area contributed by atoms with Crippen molar-refractivity contribution in [1.29, 1.82) is 0 Å². The number of nitrogens with zero attached hydrogens (tertiary/aromatic N) is 2. The maximum absolute atomic E-state index is 12.4. The lowest BCUT2D eigenvalue weighted by Gasteiger charge is -2.11. The van der Waals surface area contributed by atoms with Crippen molar-refractivity contribution in [2.45, 2.75) is 13.5 Å². The van der Waals surface area contributed by atoms with Crippen LogP contribution in [0.2, 0.25) is 0 Å². The van der Waals surface area contributed by atoms with Gasteiger partial charge in [0.2, 0.25) is 12.7 Å². The maximum Gasteiger partial charge on any atom is 0.254 e. The van der Waals surface area contributed by atoms with Crippen LogP contribution in [0.15, 0.2) is 48.8 Å². The van der Waals surface area contributed by atoms with Crippen molar-refractivity contribution in [2.75, 3.05) is 19.2 Å². The Morgan fingerprint density at radius 3 is 2.69 bits per heavy atom. The van der Waals surface area contributed by atoms with Gasteiger partial charge < -0.3 is 24.8 Å². The number of hydrogen-bond acceptors (Lipinski definition) is 7. The maximum atomic E-state index is 12.4. The summed E-state index contributed by atoms with van der Waals surface area (Å²) < 4.78 is 16.0. The molecule has 0 saturated heterocycles. The van der Waals surface area contributed by atoms with Crippen LogP contribution >= 0.6 is 0 Å². The minimum Gasteiger partial charge on any atom is -0.495 e. The number of aromatic nitrogens is 2. The van der Waals surface area contributed by atoms with E-state index in [1.165, 1.54) is 12.4 Å². The standard InChI is InChI=1S/C21H20N4O4/c1-13-3-5-17(27-2)16(7-13)25-21-23-10-15(11-24-21)20(26)22-9-14-4-6-18-19(8-14)29-12-28-18/h3-8,10-11H,9,12H2,1-2H3,(H,22,26)(H,23,24,25). The number of hydrogen-bond donors (Lipinski definition) is 2. The molecular weight excluding hydrogens is 372 g/mol. The van der Waals surface area contributed by atoms with Crippen LogP contribution in [0.1, 0.15) is 21.5 Å². The number of benzene rings is 2. The Bertz CT molecular complexity index is 1040. The van der Waals surface area contributed by atoms with E-state index >= 15 is 0 Å². The number of anilines is 2. The van der Waals surface area contributed by atoms with Crippen molar-refractivity contribution < 1.29 is 19.0 Å². The van der Waals surface area contributed by atoms with Gasteiger partial charge in [-0.2, -0.15) is 0 Å². The van der Waals surface area contributed by atoms with E-state index in [0.717, 1.165) is 16.8 Å². The summed E-state index contributed by atoms with van der Waals surface area (Å²) >= 11 is 0. The lowest BCUT2D eigenvalue weighted by molar-refractivity contribution is 0.0950. The van der Waals surface area contributed by atoms with Gasteiger partial charge in [-0.3, -0.25) is 4.79 Å². The van der Waals surface area contributed by atoms with Crippen LogP contribution in [-0.2, 0) is 6.54 Å². The summed E-state index contributed by atoms with van der Waals surface area (Å²) in [5.74, 6) is 2.19. The molecule has 1 amide bonds. The summed E-state index contributed by atoms with van der Waals surface area (Å²) in [6, 6.07) is 11.3. The molecule has 0 aliphatic carbocycles. The van der Waals surface area contributed by atoms with Gasteiger partial charge in [0.05, 0.1) is 18.4 Å². The molecule has 8 nitrogen and oxygen atoms in total. The van der Waals surface area contributed by atoms with Crippen molar-refractivity contribution in [2.24, 2.45) is 0 Å². The molecule has 148 valence electrons. The quantitative estimate of drug-likeness (QED) is 0.665. The van der Waals surface area contributed by atoms with Gasteiger partial charge in [-0.15, -0.1) is 0 Å². The van der Waals surface area contributed by atoms with Crippen molar-refractivity contribution in [3.8, 4) is 17.2 Å².